The minimum atomic E-state index is -1.48. The molecular weight excluding hydrogens is 1300 g/mol. The highest BCUT2D eigenvalue weighted by Gasteiger charge is 2.42. The molecule has 2 saturated heterocycles. The van der Waals surface area contributed by atoms with Crippen LogP contribution in [0.3, 0.4) is 0 Å². The summed E-state index contributed by atoms with van der Waals surface area (Å²) in [5.41, 5.74) is 2.38. The van der Waals surface area contributed by atoms with E-state index in [0.717, 1.165) is 14.7 Å². The largest absolute Gasteiger partial charge is 0.342 e. The first kappa shape index (κ1) is 78.1. The average molecular weight is 1390 g/mol. The van der Waals surface area contributed by atoms with E-state index >= 15 is 24.0 Å². The molecule has 12 amide bonds. The smallest absolute Gasteiger partial charge is 0.246 e. The van der Waals surface area contributed by atoms with E-state index in [4.69, 9.17) is 23.2 Å². The fraction of sp³-hybridized carbons (Fsp3) is 0.500. The van der Waals surface area contributed by atoms with E-state index < -0.39 is 157 Å². The van der Waals surface area contributed by atoms with Gasteiger partial charge in [0.2, 0.25) is 70.9 Å². The summed E-state index contributed by atoms with van der Waals surface area (Å²) in [6.07, 6.45) is 0.746. The van der Waals surface area contributed by atoms with Gasteiger partial charge in [0.1, 0.15) is 48.3 Å². The molecule has 98 heavy (non-hydrogen) atoms. The molecule has 0 saturated carbocycles. The first-order chi connectivity index (χ1) is 46.4. The molecule has 4 N–H and O–H groups in total. The summed E-state index contributed by atoms with van der Waals surface area (Å²) < 4.78 is 0. The number of nitrogens with zero attached hydrogens (tertiary/aromatic N) is 8. The van der Waals surface area contributed by atoms with E-state index in [9.17, 15) is 33.6 Å². The molecule has 9 atom stereocenters. The number of likely N-dealkylation sites (tertiary alicyclic amines) is 1. The fourth-order valence-electron chi connectivity index (χ4n) is 12.1. The van der Waals surface area contributed by atoms with Crippen LogP contribution in [0.4, 0.5) is 0 Å². The molecule has 4 aromatic carbocycles. The van der Waals surface area contributed by atoms with E-state index in [0.29, 0.717) is 64.7 Å². The number of carbonyl (C=O) groups excluding carboxylic acids is 12. The number of hydrogen-bond acceptors (Lipinski definition) is 12. The Morgan fingerprint density at radius 3 is 1.62 bits per heavy atom. The van der Waals surface area contributed by atoms with Crippen molar-refractivity contribution in [1.29, 1.82) is 0 Å². The first-order valence-electron chi connectivity index (χ1n) is 33.3. The van der Waals surface area contributed by atoms with Crippen LogP contribution in [0, 0.1) is 11.8 Å². The van der Waals surface area contributed by atoms with Crippen molar-refractivity contribution in [2.24, 2.45) is 11.8 Å². The molecule has 0 spiro atoms. The quantitative estimate of drug-likeness (QED) is 0.148. The van der Waals surface area contributed by atoms with Crippen LogP contribution in [0.2, 0.25) is 10.0 Å². The van der Waals surface area contributed by atoms with Crippen molar-refractivity contribution < 1.29 is 57.5 Å². The van der Waals surface area contributed by atoms with Gasteiger partial charge in [-0.3, -0.25) is 57.5 Å². The van der Waals surface area contributed by atoms with Crippen LogP contribution in [-0.2, 0) is 83.2 Å². The van der Waals surface area contributed by atoms with Crippen LogP contribution >= 0.6 is 23.2 Å². The molecule has 2 heterocycles. The third-order valence-electron chi connectivity index (χ3n) is 18.5. The lowest BCUT2D eigenvalue weighted by molar-refractivity contribution is -0.150. The van der Waals surface area contributed by atoms with Gasteiger partial charge in [0.15, 0.2) is 0 Å². The molecule has 2 aliphatic rings. The number of hydrogen-bond donors (Lipinski definition) is 4. The minimum absolute atomic E-state index is 0.0549. The predicted molar refractivity (Wildman–Crippen MR) is 372 cm³/mol. The summed E-state index contributed by atoms with van der Waals surface area (Å²) in [5.74, 6) is -9.61. The lowest BCUT2D eigenvalue weighted by Crippen LogP contribution is -2.61. The number of nitrogens with one attached hydrogen (secondary N) is 4. The number of rotatable bonds is 13. The van der Waals surface area contributed by atoms with Crippen LogP contribution < -0.4 is 21.3 Å². The van der Waals surface area contributed by atoms with E-state index in [-0.39, 0.29) is 32.2 Å². The van der Waals surface area contributed by atoms with Crippen molar-refractivity contribution in [2.75, 3.05) is 81.6 Å². The zero-order chi connectivity index (χ0) is 72.2. The SMILES string of the molecule is CC[C@H](C)[C@@H]1NC(=O)[C@H](C)N(C)C(=O)C[C@H](C(=O)N2CCCC2)NC(=O)[C@H](C(C)C)N(C)C(=O)[C@H](Cc2ccccc2)N(C)C(=O)[C@H](Cc2ccccc2)NC(=O)[C@H](Cc2cccc(Cl)c2)NC(=O)CN(CC)C(=O)[C@H](Cc2ccc(Cl)cc2)N(C)C(=O)CN(C)C(=O)CN(C)C1=O. The lowest BCUT2D eigenvalue weighted by Gasteiger charge is -2.38. The Kier molecular flexibility index (Phi) is 29.2. The Morgan fingerprint density at radius 1 is 0.500 bits per heavy atom. The molecule has 0 aliphatic carbocycles. The number of likely N-dealkylation sites (N-methyl/N-ethyl adjacent to an activating group) is 7. The molecule has 0 unspecified atom stereocenters. The molecule has 26 heteroatoms. The molecule has 0 radical (unpaired) electrons. The van der Waals surface area contributed by atoms with Gasteiger partial charge in [-0.1, -0.05) is 142 Å². The molecule has 0 aromatic heterocycles. The standard InChI is InChI=1S/C72H96Cl2N12O12/c1-13-46(5)63-72(98)80(8)43-61(89)79(7)44-62(90)82(10)58(40-50-30-32-52(73)33-31-50)71(97)85(14-2)42-59(87)75-54(38-51-28-23-29-53(74)36-51)66(92)76-55(37-48-24-17-15-18-25-48)68(94)83(11)57(39-49-26-19-16-20-27-49)70(96)84(12)64(45(3)4)67(93)77-56(69(95)86-34-21-22-35-86)41-60(88)81(9)47(6)65(91)78-63/h15-20,23-33,36,45-47,54-58,63-64H,13-14,21-22,34-35,37-44H2,1-12H3,(H,75,87)(H,76,92)(H,77,93)(H,78,91)/t46-,47-,54-,55-,56+,57-,58-,63-,64-/m0/s1. The van der Waals surface area contributed by atoms with Crippen molar-refractivity contribution in [3.05, 3.63) is 141 Å². The second-order valence-electron chi connectivity index (χ2n) is 26.0. The van der Waals surface area contributed by atoms with Gasteiger partial charge >= 0.3 is 0 Å². The van der Waals surface area contributed by atoms with Gasteiger partial charge in [-0.05, 0) is 85.0 Å². The Bertz CT molecular complexity index is 3470. The van der Waals surface area contributed by atoms with Gasteiger partial charge in [-0.15, -0.1) is 0 Å². The zero-order valence-electron chi connectivity index (χ0n) is 58.3. The molecule has 24 nitrogen and oxygen atoms in total. The maximum absolute atomic E-state index is 15.6. The summed E-state index contributed by atoms with van der Waals surface area (Å²) in [7, 11) is 8.31. The fourth-order valence-corrected chi connectivity index (χ4v) is 12.4. The van der Waals surface area contributed by atoms with E-state index in [1.807, 2.05) is 6.92 Å². The van der Waals surface area contributed by atoms with Crippen molar-refractivity contribution in [3.63, 3.8) is 0 Å². The average Bonchev–Trinajstić information content (AvgIpc) is 0.854. The molecule has 2 aliphatic heterocycles. The van der Waals surface area contributed by atoms with Crippen LogP contribution in [0.1, 0.15) is 89.5 Å². The van der Waals surface area contributed by atoms with Crippen LogP contribution in [0.5, 0.6) is 0 Å². The van der Waals surface area contributed by atoms with Gasteiger partial charge in [-0.25, -0.2) is 0 Å². The number of benzene rings is 4. The second kappa shape index (κ2) is 36.6. The molecule has 530 valence electrons. The monoisotopic (exact) mass is 1390 g/mol. The maximum atomic E-state index is 15.6. The highest BCUT2D eigenvalue weighted by atomic mass is 35.5. The van der Waals surface area contributed by atoms with Crippen molar-refractivity contribution in [1.82, 2.24) is 60.5 Å². The molecule has 4 aromatic rings. The molecule has 2 fully saturated rings. The summed E-state index contributed by atoms with van der Waals surface area (Å²) >= 11 is 12.7. The molecule has 0 bridgehead atoms. The summed E-state index contributed by atoms with van der Waals surface area (Å²) in [5, 5.41) is 12.0. The Hall–Kier alpha value is -8.90. The highest BCUT2D eigenvalue weighted by Crippen LogP contribution is 2.23. The number of halogens is 2. The van der Waals surface area contributed by atoms with Gasteiger partial charge < -0.3 is 60.5 Å². The van der Waals surface area contributed by atoms with E-state index in [1.54, 1.807) is 142 Å². The summed E-state index contributed by atoms with van der Waals surface area (Å²) in [4.78, 5) is 187. The van der Waals surface area contributed by atoms with Crippen molar-refractivity contribution >= 4 is 94.1 Å². The van der Waals surface area contributed by atoms with Crippen molar-refractivity contribution in [2.45, 2.75) is 141 Å². The van der Waals surface area contributed by atoms with E-state index in [1.165, 1.54) is 68.8 Å². The van der Waals surface area contributed by atoms with Crippen LogP contribution in [-0.4, -0.2) is 240 Å². The zero-order valence-corrected chi connectivity index (χ0v) is 59.8. The van der Waals surface area contributed by atoms with Gasteiger partial charge in [0.05, 0.1) is 26.1 Å². The number of amides is 12. The van der Waals surface area contributed by atoms with Gasteiger partial charge in [0, 0.05) is 97.6 Å². The van der Waals surface area contributed by atoms with E-state index in [2.05, 4.69) is 21.3 Å². The predicted octanol–water partition coefficient (Wildman–Crippen LogP) is 4.02. The third kappa shape index (κ3) is 21.3. The van der Waals surface area contributed by atoms with Gasteiger partial charge in [0.25, 0.3) is 0 Å². The van der Waals surface area contributed by atoms with Crippen LogP contribution in [0.25, 0.3) is 0 Å². The maximum Gasteiger partial charge on any atom is 0.246 e. The van der Waals surface area contributed by atoms with Crippen molar-refractivity contribution in [3.8, 4) is 0 Å². The first-order valence-corrected chi connectivity index (χ1v) is 34.1. The molecular formula is C72H96Cl2N12O12. The number of carbonyl (C=O) groups is 12. The van der Waals surface area contributed by atoms with Crippen LogP contribution in [0.15, 0.2) is 109 Å². The topological polar surface area (TPSA) is 279 Å². The Morgan fingerprint density at radius 2 is 1.05 bits per heavy atom. The summed E-state index contributed by atoms with van der Waals surface area (Å²) in [6.45, 7) is 8.97. The highest BCUT2D eigenvalue weighted by molar-refractivity contribution is 6.31. The second-order valence-corrected chi connectivity index (χ2v) is 26.9. The molecule has 6 rings (SSSR count). The minimum Gasteiger partial charge on any atom is -0.342 e. The normalized spacial score (nSPS) is 23.4. The Labute approximate surface area is 585 Å². The third-order valence-corrected chi connectivity index (χ3v) is 19.0. The Balaban J connectivity index is 1.46. The van der Waals surface area contributed by atoms with Gasteiger partial charge in [-0.2, -0.15) is 0 Å². The lowest BCUT2D eigenvalue weighted by atomic mass is 9.97. The summed E-state index contributed by atoms with van der Waals surface area (Å²) in [6, 6.07) is 20.2.